The van der Waals surface area contributed by atoms with Gasteiger partial charge in [0.15, 0.2) is 0 Å². The number of nitrogens with zero attached hydrogens (tertiary/aromatic N) is 2. The predicted octanol–water partition coefficient (Wildman–Crippen LogP) is 2.95. The Morgan fingerprint density at radius 3 is 2.25 bits per heavy atom. The van der Waals surface area contributed by atoms with Crippen molar-refractivity contribution in [2.24, 2.45) is 4.99 Å². The second-order valence-electron chi connectivity index (χ2n) is 8.30. The smallest absolute Gasteiger partial charge is 0.341 e. The van der Waals surface area contributed by atoms with Crippen molar-refractivity contribution in [2.75, 3.05) is 18.8 Å². The fourth-order valence-corrected chi connectivity index (χ4v) is 7.67. The Hall–Kier alpha value is -2.42. The van der Waals surface area contributed by atoms with E-state index in [-0.39, 0.29) is 36.7 Å². The molecule has 0 aliphatic carbocycles. The Morgan fingerprint density at radius 1 is 1.00 bits per heavy atom. The minimum absolute atomic E-state index is 0.171. The number of hydrogen-bond donors (Lipinski definition) is 1. The predicted molar refractivity (Wildman–Crippen MR) is 128 cm³/mol. The van der Waals surface area contributed by atoms with Gasteiger partial charge in [-0.05, 0) is 43.2 Å². The molecule has 1 N–H and O–H groups in total. The summed E-state index contributed by atoms with van der Waals surface area (Å²) in [5.41, 5.74) is 0.138. The first-order valence-corrected chi connectivity index (χ1v) is 14.9. The van der Waals surface area contributed by atoms with Crippen LogP contribution in [0.3, 0.4) is 0 Å². The number of carbonyl (C=O) groups is 1. The number of halogens is 3. The third-order valence-corrected chi connectivity index (χ3v) is 10.0. The Morgan fingerprint density at radius 2 is 1.67 bits per heavy atom. The zero-order chi connectivity index (χ0) is 26.1. The number of sulfonamides is 1. The molecule has 2 aromatic rings. The van der Waals surface area contributed by atoms with Crippen LogP contribution in [0.4, 0.5) is 13.2 Å². The number of nitrogens with one attached hydrogen (secondary N) is 1. The number of rotatable bonds is 6. The van der Waals surface area contributed by atoms with E-state index in [0.717, 1.165) is 6.07 Å². The Kier molecular flexibility index (Phi) is 7.51. The average molecular weight is 562 g/mol. The number of thioether (sulfide) groups is 1. The van der Waals surface area contributed by atoms with Crippen molar-refractivity contribution in [1.29, 1.82) is 0 Å². The second-order valence-corrected chi connectivity index (χ2v) is 12.8. The summed E-state index contributed by atoms with van der Waals surface area (Å²) in [7, 11) is -9.02. The minimum Gasteiger partial charge on any atom is -0.341 e. The Labute approximate surface area is 210 Å². The molecule has 0 saturated carbocycles. The van der Waals surface area contributed by atoms with E-state index in [0.29, 0.717) is 17.9 Å². The van der Waals surface area contributed by atoms with Crippen molar-refractivity contribution in [3.63, 3.8) is 0 Å². The topological polar surface area (TPSA) is 113 Å². The monoisotopic (exact) mass is 561 g/mol. The Bertz CT molecular complexity index is 1370. The maximum atomic E-state index is 13.7. The summed E-state index contributed by atoms with van der Waals surface area (Å²) in [4.78, 5) is 16.2. The van der Waals surface area contributed by atoms with Crippen LogP contribution in [0.5, 0.6) is 0 Å². The van der Waals surface area contributed by atoms with Crippen LogP contribution in [-0.2, 0) is 30.8 Å². The zero-order valence-corrected chi connectivity index (χ0v) is 21.1. The molecular formula is C22H22F3N3O5S3. The van der Waals surface area contributed by atoms with E-state index in [1.165, 1.54) is 36.0 Å². The number of benzene rings is 2. The van der Waals surface area contributed by atoms with Crippen LogP contribution in [0.2, 0.25) is 0 Å². The molecule has 1 amide bonds. The van der Waals surface area contributed by atoms with Crippen LogP contribution >= 0.6 is 11.8 Å². The number of carbonyl (C=O) groups excluding carboxylic acids is 1. The van der Waals surface area contributed by atoms with Crippen molar-refractivity contribution in [3.8, 4) is 0 Å². The highest BCUT2D eigenvalue weighted by Gasteiger charge is 2.39. The van der Waals surface area contributed by atoms with Crippen molar-refractivity contribution in [3.05, 3.63) is 54.1 Å². The number of piperidine rings is 1. The van der Waals surface area contributed by atoms with Gasteiger partial charge < -0.3 is 4.90 Å². The van der Waals surface area contributed by atoms with Crippen LogP contribution in [0, 0.1) is 0 Å². The van der Waals surface area contributed by atoms with E-state index in [1.54, 1.807) is 16.5 Å². The molecule has 2 aromatic carbocycles. The van der Waals surface area contributed by atoms with Crippen molar-refractivity contribution in [2.45, 2.75) is 45.8 Å². The Balaban J connectivity index is 1.58. The van der Waals surface area contributed by atoms with Gasteiger partial charge in [-0.15, -0.1) is 11.8 Å². The summed E-state index contributed by atoms with van der Waals surface area (Å²) in [5, 5.41) is 0. The number of alkyl halides is 3. The third kappa shape index (κ3) is 5.61. The SMILES string of the molecule is O=C([C@@H]1CSC=N1)N1CCC(NS(=O)(=O)c2cc(S(=O)(=O)c3ccccc3)ccc2C(F)(F)F)CC1. The van der Waals surface area contributed by atoms with Gasteiger partial charge in [-0.25, -0.2) is 21.6 Å². The van der Waals surface area contributed by atoms with Crippen molar-refractivity contribution >= 4 is 43.1 Å². The van der Waals surface area contributed by atoms with E-state index in [4.69, 9.17) is 0 Å². The van der Waals surface area contributed by atoms with Crippen LogP contribution in [-0.4, -0.2) is 64.1 Å². The highest BCUT2D eigenvalue weighted by atomic mass is 32.2. The first-order valence-electron chi connectivity index (χ1n) is 10.9. The summed E-state index contributed by atoms with van der Waals surface area (Å²) in [6.45, 7) is 0.439. The molecule has 2 aliphatic heterocycles. The van der Waals surface area contributed by atoms with E-state index < -0.39 is 53.5 Å². The van der Waals surface area contributed by atoms with Crippen LogP contribution in [0.15, 0.2) is 68.2 Å². The molecule has 2 aliphatic rings. The fraction of sp³-hybridized carbons (Fsp3) is 0.364. The number of hydrogen-bond acceptors (Lipinski definition) is 7. The normalized spacial score (nSPS) is 19.5. The molecule has 1 fully saturated rings. The number of sulfone groups is 1. The molecule has 2 heterocycles. The maximum absolute atomic E-state index is 13.7. The molecule has 0 radical (unpaired) electrons. The molecular weight excluding hydrogens is 539 g/mol. The quantitative estimate of drug-likeness (QED) is 0.581. The molecule has 4 rings (SSSR count). The van der Waals surface area contributed by atoms with E-state index in [9.17, 15) is 34.8 Å². The standard InChI is InChI=1S/C22H22F3N3O5S3/c23-22(24,25)18-7-6-17(35(30,31)16-4-2-1-3-5-16)12-20(18)36(32,33)27-15-8-10-28(11-9-15)21(29)19-13-34-14-26-19/h1-7,12,14-15,19,27H,8-11,13H2/t19-/m0/s1. The summed E-state index contributed by atoms with van der Waals surface area (Å²) in [5.74, 6) is 0.365. The summed E-state index contributed by atoms with van der Waals surface area (Å²) >= 11 is 1.42. The molecule has 0 aromatic heterocycles. The van der Waals surface area contributed by atoms with Gasteiger partial charge in [0.2, 0.25) is 25.8 Å². The van der Waals surface area contributed by atoms with Gasteiger partial charge in [0, 0.05) is 24.9 Å². The van der Waals surface area contributed by atoms with Gasteiger partial charge in [0.25, 0.3) is 0 Å². The van der Waals surface area contributed by atoms with Crippen LogP contribution in [0.25, 0.3) is 0 Å². The third-order valence-electron chi connectivity index (χ3n) is 5.89. The first-order chi connectivity index (χ1) is 16.9. The summed E-state index contributed by atoms with van der Waals surface area (Å²) in [6, 6.07) is 7.56. The van der Waals surface area contributed by atoms with E-state index in [2.05, 4.69) is 9.71 Å². The van der Waals surface area contributed by atoms with Gasteiger partial charge in [-0.3, -0.25) is 9.79 Å². The van der Waals surface area contributed by atoms with Gasteiger partial charge in [-0.2, -0.15) is 13.2 Å². The molecule has 14 heteroatoms. The lowest BCUT2D eigenvalue weighted by Gasteiger charge is -2.33. The largest absolute Gasteiger partial charge is 0.417 e. The number of amides is 1. The molecule has 8 nitrogen and oxygen atoms in total. The lowest BCUT2D eigenvalue weighted by atomic mass is 10.1. The van der Waals surface area contributed by atoms with Crippen molar-refractivity contribution < 1.29 is 34.8 Å². The van der Waals surface area contributed by atoms with Crippen molar-refractivity contribution in [1.82, 2.24) is 9.62 Å². The number of aliphatic imine (C=N–C) groups is 1. The highest BCUT2D eigenvalue weighted by Crippen LogP contribution is 2.36. The molecule has 0 spiro atoms. The number of likely N-dealkylation sites (tertiary alicyclic amines) is 1. The molecule has 1 atom stereocenters. The molecule has 36 heavy (non-hydrogen) atoms. The molecule has 0 unspecified atom stereocenters. The lowest BCUT2D eigenvalue weighted by Crippen LogP contribution is -2.49. The molecule has 194 valence electrons. The summed E-state index contributed by atoms with van der Waals surface area (Å²) in [6.07, 6.45) is -4.65. The molecule has 1 saturated heterocycles. The van der Waals surface area contributed by atoms with Gasteiger partial charge in [0.05, 0.1) is 25.8 Å². The molecule has 0 bridgehead atoms. The van der Waals surface area contributed by atoms with Crippen LogP contribution < -0.4 is 4.72 Å². The fourth-order valence-electron chi connectivity index (χ4n) is 4.00. The first kappa shape index (κ1) is 26.6. The zero-order valence-electron chi connectivity index (χ0n) is 18.7. The van der Waals surface area contributed by atoms with E-state index in [1.807, 2.05) is 0 Å². The second kappa shape index (κ2) is 10.1. The van der Waals surface area contributed by atoms with E-state index >= 15 is 0 Å². The average Bonchev–Trinajstić information content (AvgIpc) is 3.38. The summed E-state index contributed by atoms with van der Waals surface area (Å²) < 4.78 is 95.4. The van der Waals surface area contributed by atoms with Gasteiger partial charge in [0.1, 0.15) is 6.04 Å². The minimum atomic E-state index is -5.03. The highest BCUT2D eigenvalue weighted by molar-refractivity contribution is 8.12. The van der Waals surface area contributed by atoms with Crippen LogP contribution in [0.1, 0.15) is 18.4 Å². The van der Waals surface area contributed by atoms with Gasteiger partial charge in [-0.1, -0.05) is 18.2 Å². The maximum Gasteiger partial charge on any atom is 0.417 e. The van der Waals surface area contributed by atoms with Gasteiger partial charge >= 0.3 is 6.18 Å². The lowest BCUT2D eigenvalue weighted by molar-refractivity contribution is -0.140.